The topological polar surface area (TPSA) is 155 Å². The van der Waals surface area contributed by atoms with Crippen molar-refractivity contribution in [1.82, 2.24) is 20.8 Å². The first-order valence-electron chi connectivity index (χ1n) is 11.7. The number of carbonyl (C=O) groups excluding carboxylic acids is 3. The van der Waals surface area contributed by atoms with Gasteiger partial charge in [-0.25, -0.2) is 10.5 Å². The third-order valence-electron chi connectivity index (χ3n) is 5.11. The van der Waals surface area contributed by atoms with Crippen LogP contribution in [0.5, 0.6) is 11.6 Å². The number of hydroxylamine groups is 1. The van der Waals surface area contributed by atoms with E-state index in [1.807, 2.05) is 0 Å². The summed E-state index contributed by atoms with van der Waals surface area (Å²) in [6.07, 6.45) is 4.90. The largest absolute Gasteiger partial charge is 0.437 e. The minimum Gasteiger partial charge on any atom is -0.437 e. The van der Waals surface area contributed by atoms with E-state index in [1.54, 1.807) is 54.0 Å². The Morgan fingerprint density at radius 1 is 1.05 bits per heavy atom. The summed E-state index contributed by atoms with van der Waals surface area (Å²) < 4.78 is 5.79. The van der Waals surface area contributed by atoms with Crippen molar-refractivity contribution in [2.75, 3.05) is 17.2 Å². The second-order valence-electron chi connectivity index (χ2n) is 7.97. The van der Waals surface area contributed by atoms with E-state index in [9.17, 15) is 14.4 Å². The fourth-order valence-corrected chi connectivity index (χ4v) is 3.34. The third kappa shape index (κ3) is 8.87. The fraction of sp³-hybridized carbons (Fsp3) is 0.192. The van der Waals surface area contributed by atoms with Crippen molar-refractivity contribution in [1.29, 1.82) is 0 Å². The minimum absolute atomic E-state index is 0.115. The van der Waals surface area contributed by atoms with Gasteiger partial charge in [0.1, 0.15) is 10.8 Å². The van der Waals surface area contributed by atoms with E-state index in [4.69, 9.17) is 21.5 Å². The number of aromatic nitrogens is 2. The van der Waals surface area contributed by atoms with Crippen LogP contribution in [0.1, 0.15) is 36.0 Å². The number of amides is 3. The van der Waals surface area contributed by atoms with Crippen LogP contribution in [0.2, 0.25) is 5.02 Å². The molecule has 3 aromatic rings. The second kappa shape index (κ2) is 14.3. The van der Waals surface area contributed by atoms with Gasteiger partial charge in [0.05, 0.1) is 6.20 Å². The summed E-state index contributed by atoms with van der Waals surface area (Å²) in [6.45, 7) is 3.90. The molecule has 2 aromatic carbocycles. The van der Waals surface area contributed by atoms with Crippen LogP contribution in [0.3, 0.4) is 0 Å². The number of carbonyl (C=O) groups is 3. The van der Waals surface area contributed by atoms with Crippen molar-refractivity contribution in [2.45, 2.75) is 25.7 Å². The van der Waals surface area contributed by atoms with Gasteiger partial charge in [-0.15, -0.1) is 0 Å². The van der Waals surface area contributed by atoms with Crippen LogP contribution in [0.15, 0.2) is 67.4 Å². The van der Waals surface area contributed by atoms with Gasteiger partial charge in [-0.2, -0.15) is 4.98 Å². The molecule has 0 aliphatic rings. The van der Waals surface area contributed by atoms with E-state index in [0.29, 0.717) is 35.7 Å². The Kier molecular flexibility index (Phi) is 10.6. The van der Waals surface area contributed by atoms with Gasteiger partial charge in [0.25, 0.3) is 5.91 Å². The van der Waals surface area contributed by atoms with E-state index in [-0.39, 0.29) is 35.1 Å². The zero-order valence-corrected chi connectivity index (χ0v) is 21.1. The first kappa shape index (κ1) is 28.1. The van der Waals surface area contributed by atoms with Crippen molar-refractivity contribution in [2.24, 2.45) is 0 Å². The highest BCUT2D eigenvalue weighted by Crippen LogP contribution is 2.29. The predicted octanol–water partition coefficient (Wildman–Crippen LogP) is 4.59. The molecule has 0 fully saturated rings. The zero-order valence-electron chi connectivity index (χ0n) is 20.4. The summed E-state index contributed by atoms with van der Waals surface area (Å²) in [6, 6.07) is 13.5. The van der Waals surface area contributed by atoms with Gasteiger partial charge in [0.2, 0.25) is 23.6 Å². The van der Waals surface area contributed by atoms with Crippen LogP contribution < -0.4 is 26.2 Å². The summed E-state index contributed by atoms with van der Waals surface area (Å²) >= 11 is 6.21. The third-order valence-corrected chi connectivity index (χ3v) is 5.37. The molecule has 3 rings (SSSR count). The standard InChI is InChI=1S/C26H27ClN6O5/c1-2-22(34)30-19-7-6-8-20(15-19)38-25-21(27)16-29-26(32-25)31-18-12-10-17(11-13-18)24(36)28-14-5-3-4-9-23(35)33-37/h2,6-8,10-13,15-16,37H,1,3-5,9,14H2,(H,28,36)(H,30,34)(H,33,35)(H,29,31,32). The molecule has 11 nitrogen and oxygen atoms in total. The van der Waals surface area contributed by atoms with E-state index in [2.05, 4.69) is 32.5 Å². The number of benzene rings is 2. The number of nitrogens with zero attached hydrogens (tertiary/aromatic N) is 2. The number of ether oxygens (including phenoxy) is 1. The minimum atomic E-state index is -0.420. The Morgan fingerprint density at radius 2 is 1.84 bits per heavy atom. The van der Waals surface area contributed by atoms with E-state index in [1.165, 1.54) is 12.3 Å². The maximum Gasteiger partial charge on any atom is 0.251 e. The monoisotopic (exact) mass is 538 g/mol. The van der Waals surface area contributed by atoms with Crippen molar-refractivity contribution < 1.29 is 24.3 Å². The number of anilines is 3. The SMILES string of the molecule is C=CC(=O)Nc1cccc(Oc2nc(Nc3ccc(C(=O)NCCCCCC(=O)NO)cc3)ncc2Cl)c1. The van der Waals surface area contributed by atoms with E-state index < -0.39 is 5.91 Å². The Bertz CT molecular complexity index is 1290. The highest BCUT2D eigenvalue weighted by Gasteiger charge is 2.11. The van der Waals surface area contributed by atoms with Gasteiger partial charge in [0, 0.05) is 36.0 Å². The highest BCUT2D eigenvalue weighted by molar-refractivity contribution is 6.31. The summed E-state index contributed by atoms with van der Waals surface area (Å²) in [5, 5.41) is 17.2. The molecule has 0 aliphatic carbocycles. The van der Waals surface area contributed by atoms with Crippen molar-refractivity contribution in [3.8, 4) is 11.6 Å². The lowest BCUT2D eigenvalue weighted by atomic mass is 10.1. The molecule has 0 aliphatic heterocycles. The van der Waals surface area contributed by atoms with Crippen LogP contribution in [0, 0.1) is 0 Å². The molecular weight excluding hydrogens is 512 g/mol. The second-order valence-corrected chi connectivity index (χ2v) is 8.38. The summed E-state index contributed by atoms with van der Waals surface area (Å²) in [5.74, 6) is -0.230. The molecule has 0 bridgehead atoms. The smallest absolute Gasteiger partial charge is 0.251 e. The van der Waals surface area contributed by atoms with Gasteiger partial charge in [-0.1, -0.05) is 30.7 Å². The number of rotatable bonds is 13. The van der Waals surface area contributed by atoms with Crippen LogP contribution in [0.25, 0.3) is 0 Å². The van der Waals surface area contributed by atoms with Gasteiger partial charge >= 0.3 is 0 Å². The molecule has 12 heteroatoms. The summed E-state index contributed by atoms with van der Waals surface area (Å²) in [5.41, 5.74) is 3.24. The lowest BCUT2D eigenvalue weighted by Crippen LogP contribution is -2.24. The van der Waals surface area contributed by atoms with Crippen LogP contribution in [-0.2, 0) is 9.59 Å². The van der Waals surface area contributed by atoms with Crippen molar-refractivity contribution in [3.05, 3.63) is 78.0 Å². The lowest BCUT2D eigenvalue weighted by Gasteiger charge is -2.11. The van der Waals surface area contributed by atoms with Crippen LogP contribution >= 0.6 is 11.6 Å². The maximum absolute atomic E-state index is 12.3. The van der Waals surface area contributed by atoms with Crippen LogP contribution in [-0.4, -0.2) is 39.4 Å². The quantitative estimate of drug-likeness (QED) is 0.0916. The average Bonchev–Trinajstić information content (AvgIpc) is 2.92. The number of nitrogens with one attached hydrogen (secondary N) is 4. The molecule has 5 N–H and O–H groups in total. The number of hydrogen-bond acceptors (Lipinski definition) is 8. The molecule has 0 saturated heterocycles. The Balaban J connectivity index is 1.54. The first-order chi connectivity index (χ1) is 18.4. The van der Waals surface area contributed by atoms with Crippen LogP contribution in [0.4, 0.5) is 17.3 Å². The summed E-state index contributed by atoms with van der Waals surface area (Å²) in [4.78, 5) is 43.3. The fourth-order valence-electron chi connectivity index (χ4n) is 3.21. The Labute approximate surface area is 224 Å². The molecule has 0 radical (unpaired) electrons. The molecule has 0 atom stereocenters. The molecule has 0 unspecified atom stereocenters. The van der Waals surface area contributed by atoms with Gasteiger partial charge in [0.15, 0.2) is 0 Å². The normalized spacial score (nSPS) is 10.3. The van der Waals surface area contributed by atoms with Gasteiger partial charge in [-0.3, -0.25) is 19.6 Å². The molecule has 1 aromatic heterocycles. The number of unbranched alkanes of at least 4 members (excludes halogenated alkanes) is 2. The molecule has 38 heavy (non-hydrogen) atoms. The first-order valence-corrected chi connectivity index (χ1v) is 12.1. The molecule has 0 saturated carbocycles. The predicted molar refractivity (Wildman–Crippen MR) is 143 cm³/mol. The maximum atomic E-state index is 12.3. The Morgan fingerprint density at radius 3 is 2.58 bits per heavy atom. The van der Waals surface area contributed by atoms with Crippen molar-refractivity contribution >= 4 is 46.6 Å². The number of halogens is 1. The molecule has 0 spiro atoms. The molecule has 3 amide bonds. The number of hydrogen-bond donors (Lipinski definition) is 5. The Hall–Kier alpha value is -4.48. The summed E-state index contributed by atoms with van der Waals surface area (Å²) in [7, 11) is 0. The average molecular weight is 539 g/mol. The van der Waals surface area contributed by atoms with Gasteiger partial charge < -0.3 is 20.7 Å². The van der Waals surface area contributed by atoms with E-state index in [0.717, 1.165) is 12.8 Å². The molecular formula is C26H27ClN6O5. The van der Waals surface area contributed by atoms with E-state index >= 15 is 0 Å². The molecule has 198 valence electrons. The van der Waals surface area contributed by atoms with Crippen molar-refractivity contribution in [3.63, 3.8) is 0 Å². The zero-order chi connectivity index (χ0) is 27.3. The van der Waals surface area contributed by atoms with Gasteiger partial charge in [-0.05, 0) is 55.3 Å². The lowest BCUT2D eigenvalue weighted by molar-refractivity contribution is -0.129. The highest BCUT2D eigenvalue weighted by atomic mass is 35.5. The molecule has 1 heterocycles.